The highest BCUT2D eigenvalue weighted by atomic mass is 35.5. The fraction of sp³-hybridized carbons (Fsp3) is 0.333. The Hall–Kier alpha value is -0.180. The molecule has 0 aliphatic heterocycles. The molecule has 0 aromatic heterocycles. The zero-order valence-corrected chi connectivity index (χ0v) is 8.70. The van der Waals surface area contributed by atoms with E-state index in [1.807, 2.05) is 25.1 Å². The van der Waals surface area contributed by atoms with E-state index in [2.05, 4.69) is 12.1 Å². The van der Waals surface area contributed by atoms with Gasteiger partial charge in [-0.25, -0.2) is 0 Å². The van der Waals surface area contributed by atoms with Gasteiger partial charge in [0.2, 0.25) is 0 Å². The van der Waals surface area contributed by atoms with Crippen LogP contribution < -0.4 is 5.73 Å². The van der Waals surface area contributed by atoms with Crippen molar-refractivity contribution in [2.45, 2.75) is 17.9 Å². The topological polar surface area (TPSA) is 26.0 Å². The highest BCUT2D eigenvalue weighted by Gasteiger charge is 1.95. The number of hydrogen-bond acceptors (Lipinski definition) is 2. The minimum absolute atomic E-state index is 0. The van der Waals surface area contributed by atoms with E-state index in [-0.39, 0.29) is 18.4 Å². The second-order valence-electron chi connectivity index (χ2n) is 2.60. The van der Waals surface area contributed by atoms with Crippen molar-refractivity contribution in [3.63, 3.8) is 0 Å². The first-order chi connectivity index (χ1) is 5.29. The summed E-state index contributed by atoms with van der Waals surface area (Å²) in [4.78, 5) is 1.30. The molecule has 3 heteroatoms. The maximum absolute atomic E-state index is 5.62. The third kappa shape index (κ3) is 4.65. The highest BCUT2D eigenvalue weighted by Crippen LogP contribution is 2.16. The summed E-state index contributed by atoms with van der Waals surface area (Å²) in [5.41, 5.74) is 5.62. The average Bonchev–Trinajstić information content (AvgIpc) is 2.03. The van der Waals surface area contributed by atoms with Crippen molar-refractivity contribution in [1.82, 2.24) is 0 Å². The Morgan fingerprint density at radius 1 is 1.33 bits per heavy atom. The normalized spacial score (nSPS) is 11.8. The van der Waals surface area contributed by atoms with E-state index in [1.54, 1.807) is 11.8 Å². The Balaban J connectivity index is 0.00000121. The zero-order valence-electron chi connectivity index (χ0n) is 7.07. The molecule has 1 nitrogen and oxygen atoms in total. The molecule has 0 amide bonds. The lowest BCUT2D eigenvalue weighted by atomic mass is 10.4. The van der Waals surface area contributed by atoms with Crippen LogP contribution >= 0.6 is 24.2 Å². The fourth-order valence-electron chi connectivity index (χ4n) is 0.744. The molecule has 68 valence electrons. The van der Waals surface area contributed by atoms with Gasteiger partial charge in [0.15, 0.2) is 0 Å². The van der Waals surface area contributed by atoms with Crippen molar-refractivity contribution in [2.24, 2.45) is 5.73 Å². The van der Waals surface area contributed by atoms with Gasteiger partial charge in [0.25, 0.3) is 0 Å². The van der Waals surface area contributed by atoms with Crippen LogP contribution in [0, 0.1) is 0 Å². The largest absolute Gasteiger partial charge is 0.327 e. The van der Waals surface area contributed by atoms with Crippen LogP contribution in [0.25, 0.3) is 0 Å². The van der Waals surface area contributed by atoms with E-state index in [4.69, 9.17) is 5.73 Å². The second kappa shape index (κ2) is 6.35. The van der Waals surface area contributed by atoms with E-state index in [9.17, 15) is 0 Å². The number of halogens is 1. The van der Waals surface area contributed by atoms with E-state index < -0.39 is 0 Å². The van der Waals surface area contributed by atoms with Crippen LogP contribution in [0.1, 0.15) is 6.92 Å². The van der Waals surface area contributed by atoms with Gasteiger partial charge in [-0.05, 0) is 19.1 Å². The summed E-state index contributed by atoms with van der Waals surface area (Å²) in [5.74, 6) is 0.990. The van der Waals surface area contributed by atoms with Gasteiger partial charge in [0.1, 0.15) is 0 Å². The van der Waals surface area contributed by atoms with Crippen LogP contribution in [0.3, 0.4) is 0 Å². The van der Waals surface area contributed by atoms with Crippen LogP contribution in [0.2, 0.25) is 0 Å². The van der Waals surface area contributed by atoms with E-state index >= 15 is 0 Å². The monoisotopic (exact) mass is 203 g/mol. The first-order valence-electron chi connectivity index (χ1n) is 3.72. The quantitative estimate of drug-likeness (QED) is 0.765. The van der Waals surface area contributed by atoms with Crippen molar-refractivity contribution in [3.8, 4) is 0 Å². The first kappa shape index (κ1) is 11.8. The molecule has 0 aliphatic rings. The smallest absolute Gasteiger partial charge is 0.0129 e. The minimum Gasteiger partial charge on any atom is -0.327 e. The number of nitrogens with two attached hydrogens (primary N) is 1. The Morgan fingerprint density at radius 2 is 1.92 bits per heavy atom. The zero-order chi connectivity index (χ0) is 8.10. The number of rotatable bonds is 3. The Labute approximate surface area is 84.1 Å². The van der Waals surface area contributed by atoms with Gasteiger partial charge < -0.3 is 5.73 Å². The first-order valence-corrected chi connectivity index (χ1v) is 4.71. The van der Waals surface area contributed by atoms with Crippen LogP contribution in [-0.4, -0.2) is 11.8 Å². The molecule has 0 heterocycles. The minimum atomic E-state index is 0. The summed E-state index contributed by atoms with van der Waals surface area (Å²) in [6.45, 7) is 2.02. The van der Waals surface area contributed by atoms with Crippen molar-refractivity contribution in [3.05, 3.63) is 30.3 Å². The third-order valence-corrected chi connectivity index (χ3v) is 2.55. The predicted octanol–water partition coefficient (Wildman–Crippen LogP) is 2.55. The van der Waals surface area contributed by atoms with E-state index in [0.717, 1.165) is 5.75 Å². The van der Waals surface area contributed by atoms with Gasteiger partial charge in [0.05, 0.1) is 0 Å². The molecular weight excluding hydrogens is 190 g/mol. The fourth-order valence-corrected chi connectivity index (χ4v) is 1.55. The van der Waals surface area contributed by atoms with Gasteiger partial charge in [0, 0.05) is 16.7 Å². The van der Waals surface area contributed by atoms with Crippen LogP contribution in [0.15, 0.2) is 35.2 Å². The van der Waals surface area contributed by atoms with Crippen LogP contribution in [0.4, 0.5) is 0 Å². The average molecular weight is 204 g/mol. The molecule has 1 aromatic rings. The summed E-state index contributed by atoms with van der Waals surface area (Å²) in [7, 11) is 0. The molecule has 0 spiro atoms. The molecule has 0 fully saturated rings. The molecular formula is C9H14ClNS. The molecule has 12 heavy (non-hydrogen) atoms. The summed E-state index contributed by atoms with van der Waals surface area (Å²) < 4.78 is 0. The van der Waals surface area contributed by atoms with E-state index in [0.29, 0.717) is 0 Å². The molecule has 0 bridgehead atoms. The SMILES string of the molecule is CC(N)CSc1ccccc1.Cl. The summed E-state index contributed by atoms with van der Waals surface area (Å²) >= 11 is 1.80. The van der Waals surface area contributed by atoms with Gasteiger partial charge in [-0.3, -0.25) is 0 Å². The summed E-state index contributed by atoms with van der Waals surface area (Å²) in [6.07, 6.45) is 0. The maximum Gasteiger partial charge on any atom is 0.0129 e. The maximum atomic E-state index is 5.62. The van der Waals surface area contributed by atoms with Crippen molar-refractivity contribution in [2.75, 3.05) is 5.75 Å². The van der Waals surface area contributed by atoms with Crippen molar-refractivity contribution in [1.29, 1.82) is 0 Å². The lowest BCUT2D eigenvalue weighted by molar-refractivity contribution is 0.847. The Bertz CT molecular complexity index is 201. The lowest BCUT2D eigenvalue weighted by Crippen LogP contribution is -2.17. The summed E-state index contributed by atoms with van der Waals surface area (Å²) in [5, 5.41) is 0. The van der Waals surface area contributed by atoms with E-state index in [1.165, 1.54) is 4.90 Å². The van der Waals surface area contributed by atoms with Gasteiger partial charge in [-0.1, -0.05) is 18.2 Å². The third-order valence-electron chi connectivity index (χ3n) is 1.26. The van der Waals surface area contributed by atoms with Crippen LogP contribution in [0.5, 0.6) is 0 Å². The summed E-state index contributed by atoms with van der Waals surface area (Å²) in [6, 6.07) is 10.6. The molecule has 0 saturated carbocycles. The Morgan fingerprint density at radius 3 is 2.42 bits per heavy atom. The molecule has 0 saturated heterocycles. The lowest BCUT2D eigenvalue weighted by Gasteiger charge is -2.03. The molecule has 0 aliphatic carbocycles. The number of thioether (sulfide) groups is 1. The molecule has 2 N–H and O–H groups in total. The van der Waals surface area contributed by atoms with Crippen LogP contribution in [-0.2, 0) is 0 Å². The predicted molar refractivity (Wildman–Crippen MR) is 58.1 cm³/mol. The standard InChI is InChI=1S/C9H13NS.ClH/c1-8(10)7-11-9-5-3-2-4-6-9;/h2-6,8H,7,10H2,1H3;1H. The van der Waals surface area contributed by atoms with Gasteiger partial charge >= 0.3 is 0 Å². The molecule has 1 unspecified atom stereocenters. The highest BCUT2D eigenvalue weighted by molar-refractivity contribution is 7.99. The van der Waals surface area contributed by atoms with Gasteiger partial charge in [-0.2, -0.15) is 0 Å². The number of benzene rings is 1. The van der Waals surface area contributed by atoms with Crippen molar-refractivity contribution < 1.29 is 0 Å². The van der Waals surface area contributed by atoms with Crippen molar-refractivity contribution >= 4 is 24.2 Å². The molecule has 0 radical (unpaired) electrons. The molecule has 1 rings (SSSR count). The van der Waals surface area contributed by atoms with Gasteiger partial charge in [-0.15, -0.1) is 24.2 Å². The Kier molecular flexibility index (Phi) is 6.25. The second-order valence-corrected chi connectivity index (χ2v) is 3.69. The molecule has 1 aromatic carbocycles. The number of hydrogen-bond donors (Lipinski definition) is 1. The molecule has 1 atom stereocenters.